The molecule has 0 rings (SSSR count). The number of thioether (sulfide) groups is 1. The molecule has 0 unspecified atom stereocenters. The summed E-state index contributed by atoms with van der Waals surface area (Å²) in [5.41, 5.74) is 11.3. The third-order valence-corrected chi connectivity index (χ3v) is 22.3. The summed E-state index contributed by atoms with van der Waals surface area (Å²) in [4.78, 5) is 73.5. The number of ether oxygens (including phenoxy) is 32. The molecular formula is C103H199N3O39S. The van der Waals surface area contributed by atoms with Gasteiger partial charge < -0.3 is 173 Å². The topological polar surface area (TPSA) is 482 Å². The summed E-state index contributed by atoms with van der Waals surface area (Å²) in [6, 6.07) is -2.17. The summed E-state index contributed by atoms with van der Waals surface area (Å²) >= 11 is 1.26. The molecule has 0 aliphatic rings. The molecule has 0 bridgehead atoms. The molecule has 2 amide bonds. The Kier molecular flexibility index (Phi) is 121. The lowest BCUT2D eigenvalue weighted by molar-refractivity contribution is -0.129. The maximum atomic E-state index is 13.1. The molecule has 3 atom stereocenters. The van der Waals surface area contributed by atoms with E-state index < -0.39 is 48.9 Å². The molecule has 0 aromatic rings. The second kappa shape index (κ2) is 124. The molecule has 6 N–H and O–H groups in total. The Bertz CT molecular complexity index is 2660. The van der Waals surface area contributed by atoms with Crippen LogP contribution in [0.15, 0.2) is 0 Å². The summed E-state index contributed by atoms with van der Waals surface area (Å²) < 4.78 is 177. The van der Waals surface area contributed by atoms with Gasteiger partial charge in [0, 0.05) is 50.2 Å². The highest BCUT2D eigenvalue weighted by Crippen LogP contribution is 2.17. The first-order chi connectivity index (χ1) is 72.0. The second-order valence-electron chi connectivity index (χ2n) is 33.7. The number of nitrogens with one attached hydrogen (secondary N) is 1. The fourth-order valence-corrected chi connectivity index (χ4v) is 13.9. The number of hydrogen-bond donors (Lipinski definition) is 4. The van der Waals surface area contributed by atoms with Gasteiger partial charge in [-0.1, -0.05) is 155 Å². The van der Waals surface area contributed by atoms with Crippen molar-refractivity contribution >= 4 is 47.5 Å². The first-order valence-corrected chi connectivity index (χ1v) is 55.6. The van der Waals surface area contributed by atoms with Crippen LogP contribution >= 0.6 is 11.8 Å². The van der Waals surface area contributed by atoms with Crippen molar-refractivity contribution in [2.45, 2.75) is 225 Å². The Morgan fingerprint density at radius 1 is 0.240 bits per heavy atom. The lowest BCUT2D eigenvalue weighted by Gasteiger charge is -2.20. The Morgan fingerprint density at radius 3 is 0.699 bits per heavy atom. The number of primary amides is 1. The van der Waals surface area contributed by atoms with Crippen LogP contribution in [0.3, 0.4) is 0 Å². The van der Waals surface area contributed by atoms with E-state index in [-0.39, 0.29) is 81.6 Å². The fraction of sp³-hybridized carbons (Fsp3) is 0.942. The zero-order chi connectivity index (χ0) is 105. The van der Waals surface area contributed by atoms with Crippen LogP contribution in [0.25, 0.3) is 0 Å². The molecule has 0 radical (unpaired) electrons. The highest BCUT2D eigenvalue weighted by atomic mass is 32.2. The predicted molar refractivity (Wildman–Crippen MR) is 550 cm³/mol. The van der Waals surface area contributed by atoms with Crippen molar-refractivity contribution in [1.29, 1.82) is 0 Å². The third kappa shape index (κ3) is 119. The van der Waals surface area contributed by atoms with Crippen LogP contribution in [0.1, 0.15) is 206 Å². The smallest absolute Gasteiger partial charge is 0.434 e. The highest BCUT2D eigenvalue weighted by Gasteiger charge is 2.25. The summed E-state index contributed by atoms with van der Waals surface area (Å²) in [5.74, 6) is -1.15. The van der Waals surface area contributed by atoms with E-state index >= 15 is 0 Å². The molecule has 0 aromatic carbocycles. The Balaban J connectivity index is 3.55. The number of hydrogen-bond acceptors (Lipinski definition) is 41. The van der Waals surface area contributed by atoms with Gasteiger partial charge in [-0.2, -0.15) is 11.8 Å². The Labute approximate surface area is 878 Å². The first kappa shape index (κ1) is 142. The Morgan fingerprint density at radius 2 is 0.459 bits per heavy atom. The summed E-state index contributed by atoms with van der Waals surface area (Å²) in [5, 5.41) is 12.6. The van der Waals surface area contributed by atoms with Gasteiger partial charge in [-0.3, -0.25) is 19.2 Å². The van der Waals surface area contributed by atoms with Gasteiger partial charge in [0.25, 0.3) is 0 Å². The first-order valence-electron chi connectivity index (χ1n) is 54.4. The van der Waals surface area contributed by atoms with Gasteiger partial charge in [0.2, 0.25) is 11.8 Å². The standard InChI is InChI=1S/C103H199N3O39S/c1-3-5-7-9-11-13-15-17-19-21-23-25-34-142-102(112)144-37-32-96(145-103(113)143-35-26-24-22-20-18-16-14-12-10-8-6-4-2)93-146-94-97(104)101(111)106-98(92-107)99(109)28-27-33-114-38-40-116-42-44-118-46-48-120-50-52-122-54-56-124-58-60-126-62-64-128-66-68-130-70-72-132-74-76-134-78-80-136-82-84-138-86-88-140-90-91-141-89-87-139-85-83-137-81-79-135-77-75-133-73-71-131-69-67-129-65-63-127-61-59-125-57-55-123-53-51-121-49-47-119-45-43-117-41-39-115-36-31-95(108)29-30-100(105)110/h96-98,107H,3-94,104H2,1-2H3,(H2,105,110)(H,106,111)/t96-,97+,98+/m1/s1. The average molecular weight is 2140 g/mol. The molecule has 0 spiro atoms. The third-order valence-electron chi connectivity index (χ3n) is 21.1. The van der Waals surface area contributed by atoms with Gasteiger partial charge in [-0.05, 0) is 19.3 Å². The normalized spacial score (nSPS) is 12.2. The monoisotopic (exact) mass is 2130 g/mol. The quantitative estimate of drug-likeness (QED) is 0.0325. The molecule has 866 valence electrons. The zero-order valence-corrected chi connectivity index (χ0v) is 90.6. The van der Waals surface area contributed by atoms with Crippen molar-refractivity contribution in [2.75, 3.05) is 408 Å². The van der Waals surface area contributed by atoms with Gasteiger partial charge in [0.05, 0.1) is 396 Å². The number of carbonyl (C=O) groups is 6. The van der Waals surface area contributed by atoms with E-state index in [2.05, 4.69) is 19.2 Å². The van der Waals surface area contributed by atoms with E-state index in [1.54, 1.807) is 0 Å². The van der Waals surface area contributed by atoms with E-state index in [1.165, 1.54) is 121 Å². The second-order valence-corrected chi connectivity index (χ2v) is 34.8. The molecule has 0 fully saturated rings. The van der Waals surface area contributed by atoms with E-state index in [0.29, 0.717) is 370 Å². The van der Waals surface area contributed by atoms with Crippen LogP contribution in [0.4, 0.5) is 9.59 Å². The van der Waals surface area contributed by atoms with Crippen LogP contribution < -0.4 is 16.8 Å². The number of aliphatic hydroxyl groups is 1. The van der Waals surface area contributed by atoms with Crippen LogP contribution in [-0.4, -0.2) is 467 Å². The van der Waals surface area contributed by atoms with E-state index in [4.69, 9.17) is 163 Å². The van der Waals surface area contributed by atoms with Crippen molar-refractivity contribution in [3.8, 4) is 0 Å². The van der Waals surface area contributed by atoms with Gasteiger partial charge in [0.15, 0.2) is 5.78 Å². The summed E-state index contributed by atoms with van der Waals surface area (Å²) in [6.07, 6.45) is 27.4. The molecule has 0 saturated carbocycles. The number of aliphatic hydroxyl groups excluding tert-OH is 1. The Hall–Kier alpha value is -4.03. The molecule has 42 nitrogen and oxygen atoms in total. The summed E-state index contributed by atoms with van der Waals surface area (Å²) in [6.45, 7) is 28.9. The number of unbranched alkanes of at least 4 members (excludes halogenated alkanes) is 22. The lowest BCUT2D eigenvalue weighted by atomic mass is 10.1. The average Bonchev–Trinajstić information content (AvgIpc) is 0.906. The van der Waals surface area contributed by atoms with Crippen LogP contribution in [-0.2, 0) is 171 Å². The molecule has 0 heterocycles. The van der Waals surface area contributed by atoms with Gasteiger partial charge >= 0.3 is 12.3 Å². The molecule has 43 heteroatoms. The molecule has 0 aromatic heterocycles. The van der Waals surface area contributed by atoms with Crippen LogP contribution in [0.5, 0.6) is 0 Å². The van der Waals surface area contributed by atoms with Crippen molar-refractivity contribution in [1.82, 2.24) is 5.32 Å². The maximum absolute atomic E-state index is 13.1. The molecule has 0 aliphatic carbocycles. The van der Waals surface area contributed by atoms with Crippen molar-refractivity contribution in [3.63, 3.8) is 0 Å². The largest absolute Gasteiger partial charge is 0.508 e. The SMILES string of the molecule is CCCCCCCCCCCCCCOC(=O)OCC[C@H](CSC[C@H](N)C(=O)N[C@@H](CO)C(=O)CCCOCCOCCOCCOCCOCCOCCOCCOCCOCCOCCOCCOCCOCCOCCOCCOCCOCCOCCOCCOCCOCCOCCOCCOCCOCCOCCOCCOCCC(=O)CCC(N)=O)OC(=O)OCCCCCCCCCCCCCC. The van der Waals surface area contributed by atoms with Crippen molar-refractivity contribution in [2.24, 2.45) is 11.5 Å². The number of Topliss-reactive ketones (excluding diaryl/α,β-unsaturated/α-hetero) is 2. The highest BCUT2D eigenvalue weighted by molar-refractivity contribution is 7.99. The van der Waals surface area contributed by atoms with Crippen LogP contribution in [0.2, 0.25) is 0 Å². The fourth-order valence-electron chi connectivity index (χ4n) is 12.9. The van der Waals surface area contributed by atoms with Crippen molar-refractivity contribution in [3.05, 3.63) is 0 Å². The molecule has 146 heavy (non-hydrogen) atoms. The predicted octanol–water partition coefficient (Wildman–Crippen LogP) is 10.0. The molecular weight excluding hydrogens is 1940 g/mol. The number of carbonyl (C=O) groups excluding carboxylic acids is 6. The number of rotatable bonds is 129. The van der Waals surface area contributed by atoms with Crippen molar-refractivity contribution < 1.29 is 185 Å². The van der Waals surface area contributed by atoms with E-state index in [9.17, 15) is 33.9 Å². The van der Waals surface area contributed by atoms with E-state index in [1.807, 2.05) is 0 Å². The van der Waals surface area contributed by atoms with Crippen LogP contribution in [0, 0.1) is 0 Å². The summed E-state index contributed by atoms with van der Waals surface area (Å²) in [7, 11) is 0. The van der Waals surface area contributed by atoms with E-state index in [0.717, 1.165) is 44.9 Å². The van der Waals surface area contributed by atoms with Gasteiger partial charge in [0.1, 0.15) is 17.9 Å². The van der Waals surface area contributed by atoms with Gasteiger partial charge in [-0.15, -0.1) is 0 Å². The number of amides is 2. The van der Waals surface area contributed by atoms with Gasteiger partial charge in [-0.25, -0.2) is 9.59 Å². The molecule has 0 saturated heterocycles. The zero-order valence-electron chi connectivity index (χ0n) is 89.8. The minimum Gasteiger partial charge on any atom is -0.434 e. The minimum atomic E-state index is -1.14. The number of ketones is 2. The minimum absolute atomic E-state index is 0.0467. The maximum Gasteiger partial charge on any atom is 0.508 e. The number of nitrogens with two attached hydrogens (primary N) is 2. The molecule has 0 aliphatic heterocycles. The lowest BCUT2D eigenvalue weighted by Crippen LogP contribution is -2.51.